The number of amides is 1. The summed E-state index contributed by atoms with van der Waals surface area (Å²) in [5, 5.41) is 0.991. The lowest BCUT2D eigenvalue weighted by Gasteiger charge is -2.24. The van der Waals surface area contributed by atoms with E-state index >= 15 is 0 Å². The minimum absolute atomic E-state index is 0.0176. The molecular weight excluding hydrogens is 320 g/mol. The van der Waals surface area contributed by atoms with Gasteiger partial charge in [-0.1, -0.05) is 30.3 Å². The summed E-state index contributed by atoms with van der Waals surface area (Å²) >= 11 is 1.65. The van der Waals surface area contributed by atoms with Crippen molar-refractivity contribution in [1.82, 2.24) is 19.4 Å². The Kier molecular flexibility index (Phi) is 4.76. The molecule has 0 spiro atoms. The van der Waals surface area contributed by atoms with Gasteiger partial charge in [0.2, 0.25) is 5.91 Å². The first kappa shape index (κ1) is 16.4. The average Bonchev–Trinajstić information content (AvgIpc) is 3.24. The van der Waals surface area contributed by atoms with Gasteiger partial charge in [0, 0.05) is 25.0 Å². The number of benzene rings is 1. The lowest BCUT2D eigenvalue weighted by molar-refractivity contribution is -0.132. The average molecular weight is 340 g/mol. The fraction of sp³-hybridized carbons (Fsp3) is 0.278. The predicted molar refractivity (Wildman–Crippen MR) is 95.7 cm³/mol. The fourth-order valence-electron chi connectivity index (χ4n) is 2.54. The summed E-state index contributed by atoms with van der Waals surface area (Å²) in [6, 6.07) is 10.1. The van der Waals surface area contributed by atoms with Crippen molar-refractivity contribution in [2.24, 2.45) is 0 Å². The van der Waals surface area contributed by atoms with Gasteiger partial charge in [0.25, 0.3) is 0 Å². The summed E-state index contributed by atoms with van der Waals surface area (Å²) < 4.78 is 1.78. The Hall–Kier alpha value is -2.47. The van der Waals surface area contributed by atoms with Crippen molar-refractivity contribution in [3.63, 3.8) is 0 Å². The molecule has 24 heavy (non-hydrogen) atoms. The third kappa shape index (κ3) is 3.38. The summed E-state index contributed by atoms with van der Waals surface area (Å²) in [5.41, 5.74) is 2.09. The molecular formula is C18H20N4OS. The second-order valence-corrected chi connectivity index (χ2v) is 6.78. The van der Waals surface area contributed by atoms with Crippen molar-refractivity contribution in [2.75, 3.05) is 7.05 Å². The summed E-state index contributed by atoms with van der Waals surface area (Å²) in [6.07, 6.45) is 5.12. The number of thiazole rings is 1. The Bertz CT molecular complexity index is 811. The largest absolute Gasteiger partial charge is 0.337 e. The second-order valence-electron chi connectivity index (χ2n) is 5.75. The molecule has 0 aliphatic carbocycles. The highest BCUT2D eigenvalue weighted by Gasteiger charge is 2.22. The zero-order valence-corrected chi connectivity index (χ0v) is 14.8. The Morgan fingerprint density at radius 1 is 1.33 bits per heavy atom. The zero-order valence-electron chi connectivity index (χ0n) is 14.0. The van der Waals surface area contributed by atoms with E-state index in [-0.39, 0.29) is 11.9 Å². The summed E-state index contributed by atoms with van der Waals surface area (Å²) in [6.45, 7) is 4.34. The van der Waals surface area contributed by atoms with E-state index in [1.54, 1.807) is 39.5 Å². The molecule has 3 aromatic rings. The minimum Gasteiger partial charge on any atom is -0.337 e. The van der Waals surface area contributed by atoms with E-state index in [2.05, 4.69) is 22.1 Å². The maximum Gasteiger partial charge on any atom is 0.242 e. The van der Waals surface area contributed by atoms with Crippen LogP contribution in [0.3, 0.4) is 0 Å². The third-order valence-electron chi connectivity index (χ3n) is 4.08. The smallest absolute Gasteiger partial charge is 0.242 e. The topological polar surface area (TPSA) is 51.0 Å². The van der Waals surface area contributed by atoms with Gasteiger partial charge in [-0.2, -0.15) is 0 Å². The fourth-order valence-corrected chi connectivity index (χ4v) is 3.71. The van der Waals surface area contributed by atoms with Crippen molar-refractivity contribution in [1.29, 1.82) is 0 Å². The molecule has 0 aliphatic heterocycles. The highest BCUT2D eigenvalue weighted by Crippen LogP contribution is 2.33. The Morgan fingerprint density at radius 3 is 2.75 bits per heavy atom. The normalized spacial score (nSPS) is 12.1. The minimum atomic E-state index is -0.0176. The molecule has 0 aliphatic rings. The number of carbonyl (C=O) groups excluding carboxylic acids is 1. The molecule has 3 rings (SSSR count). The van der Waals surface area contributed by atoms with E-state index in [1.807, 2.05) is 39.1 Å². The molecule has 6 heteroatoms. The lowest BCUT2D eigenvalue weighted by atomic mass is 10.2. The molecule has 5 nitrogen and oxygen atoms in total. The second kappa shape index (κ2) is 6.97. The van der Waals surface area contributed by atoms with Crippen LogP contribution in [0.5, 0.6) is 0 Å². The quantitative estimate of drug-likeness (QED) is 0.714. The maximum absolute atomic E-state index is 12.5. The molecule has 2 aromatic heterocycles. The number of hydrogen-bond donors (Lipinski definition) is 0. The zero-order chi connectivity index (χ0) is 17.1. The molecule has 0 bridgehead atoms. The van der Waals surface area contributed by atoms with Gasteiger partial charge >= 0.3 is 0 Å². The molecule has 1 amide bonds. The molecule has 0 fully saturated rings. The molecule has 1 atom stereocenters. The molecule has 1 aromatic carbocycles. The Labute approximate surface area is 145 Å². The molecule has 124 valence electrons. The third-order valence-corrected chi connectivity index (χ3v) is 5.46. The van der Waals surface area contributed by atoms with Crippen LogP contribution in [0.2, 0.25) is 0 Å². The van der Waals surface area contributed by atoms with Gasteiger partial charge in [0.1, 0.15) is 11.6 Å². The molecule has 0 saturated heterocycles. The van der Waals surface area contributed by atoms with E-state index in [9.17, 15) is 4.79 Å². The van der Waals surface area contributed by atoms with E-state index in [4.69, 9.17) is 0 Å². The summed E-state index contributed by atoms with van der Waals surface area (Å²) in [5.74, 6) is 0.0505. The predicted octanol–water partition coefficient (Wildman–Crippen LogP) is 3.53. The summed E-state index contributed by atoms with van der Waals surface area (Å²) in [7, 11) is 1.84. The Morgan fingerprint density at radius 2 is 2.08 bits per heavy atom. The van der Waals surface area contributed by atoms with E-state index in [0.717, 1.165) is 21.1 Å². The van der Waals surface area contributed by atoms with Gasteiger partial charge in [-0.15, -0.1) is 11.3 Å². The number of likely N-dealkylation sites (N-methyl/N-ethyl adjacent to an activating group) is 1. The first-order valence-corrected chi connectivity index (χ1v) is 8.62. The highest BCUT2D eigenvalue weighted by molar-refractivity contribution is 7.15. The summed E-state index contributed by atoms with van der Waals surface area (Å²) in [4.78, 5) is 24.0. The molecule has 0 saturated carbocycles. The molecule has 0 unspecified atom stereocenters. The number of carbonyl (C=O) groups is 1. The van der Waals surface area contributed by atoms with Crippen molar-refractivity contribution >= 4 is 17.2 Å². The van der Waals surface area contributed by atoms with Crippen molar-refractivity contribution in [2.45, 2.75) is 26.4 Å². The van der Waals surface area contributed by atoms with Crippen LogP contribution in [0.15, 0.2) is 49.1 Å². The van der Waals surface area contributed by atoms with Crippen molar-refractivity contribution in [3.05, 3.63) is 59.6 Å². The van der Waals surface area contributed by atoms with Gasteiger partial charge in [-0.3, -0.25) is 4.79 Å². The number of hydrogen-bond acceptors (Lipinski definition) is 4. The van der Waals surface area contributed by atoms with E-state index < -0.39 is 0 Å². The van der Waals surface area contributed by atoms with Gasteiger partial charge in [0.15, 0.2) is 0 Å². The standard InChI is InChI=1S/C18H20N4OS/c1-13-17(24-18(20-13)15-7-5-4-6-8-15)14(2)21(3)16(23)11-22-10-9-19-12-22/h4-10,12,14H,11H2,1-3H3/t14-/m1/s1. The highest BCUT2D eigenvalue weighted by atomic mass is 32.1. The van der Waals surface area contributed by atoms with Crippen LogP contribution >= 0.6 is 11.3 Å². The molecule has 0 radical (unpaired) electrons. The first-order valence-electron chi connectivity index (χ1n) is 7.80. The van der Waals surface area contributed by atoms with Gasteiger partial charge < -0.3 is 9.47 Å². The van der Waals surface area contributed by atoms with Crippen molar-refractivity contribution in [3.8, 4) is 10.6 Å². The number of nitrogens with zero attached hydrogens (tertiary/aromatic N) is 4. The number of rotatable bonds is 5. The van der Waals surface area contributed by atoms with Crippen molar-refractivity contribution < 1.29 is 4.79 Å². The van der Waals surface area contributed by atoms with Gasteiger partial charge in [-0.25, -0.2) is 9.97 Å². The molecule has 2 heterocycles. The number of aryl methyl sites for hydroxylation is 1. The van der Waals surface area contributed by atoms with Crippen LogP contribution in [-0.2, 0) is 11.3 Å². The van der Waals surface area contributed by atoms with Crippen LogP contribution in [0.1, 0.15) is 23.5 Å². The van der Waals surface area contributed by atoms with Crippen LogP contribution in [0, 0.1) is 6.92 Å². The number of aromatic nitrogens is 3. The van der Waals surface area contributed by atoms with Gasteiger partial charge in [0.05, 0.1) is 22.9 Å². The SMILES string of the molecule is Cc1nc(-c2ccccc2)sc1[C@@H](C)N(C)C(=O)Cn1ccnc1. The maximum atomic E-state index is 12.5. The van der Waals surface area contributed by atoms with E-state index in [0.29, 0.717) is 6.54 Å². The van der Waals surface area contributed by atoms with Crippen LogP contribution in [0.25, 0.3) is 10.6 Å². The van der Waals surface area contributed by atoms with Gasteiger partial charge in [-0.05, 0) is 13.8 Å². The van der Waals surface area contributed by atoms with Crippen LogP contribution in [0.4, 0.5) is 0 Å². The van der Waals surface area contributed by atoms with E-state index in [1.165, 1.54) is 0 Å². The lowest BCUT2D eigenvalue weighted by Crippen LogP contribution is -2.32. The van der Waals surface area contributed by atoms with Crippen LogP contribution < -0.4 is 0 Å². The monoisotopic (exact) mass is 340 g/mol. The number of imidazole rings is 1. The van der Waals surface area contributed by atoms with Crippen LogP contribution in [-0.4, -0.2) is 32.4 Å². The first-order chi connectivity index (χ1) is 11.6. The molecule has 0 N–H and O–H groups in total. The Balaban J connectivity index is 1.78.